The lowest BCUT2D eigenvalue weighted by Crippen LogP contribution is -2.35. The molecule has 2 aliphatic heterocycles. The number of fused-ring (bicyclic) bond motifs is 3. The van der Waals surface area contributed by atoms with Crippen LogP contribution in [0.15, 0.2) is 103 Å². The Morgan fingerprint density at radius 2 is 1.73 bits per heavy atom. The number of carbonyl (C=O) groups excluding carboxylic acids is 3. The molecule has 4 unspecified atom stereocenters. The van der Waals surface area contributed by atoms with Gasteiger partial charge in [0.1, 0.15) is 29.2 Å². The normalized spacial score (nSPS) is 20.0. The molecule has 2 aliphatic rings. The average Bonchev–Trinajstić information content (AvgIpc) is 3.90. The first-order valence-corrected chi connectivity index (χ1v) is 22.1. The highest BCUT2D eigenvalue weighted by atomic mass is 16.5. The highest BCUT2D eigenvalue weighted by Crippen LogP contribution is 2.40. The smallest absolute Gasteiger partial charge is 0.302 e. The Balaban J connectivity index is 1.41. The molecule has 0 radical (unpaired) electrons. The molecule has 5 aromatic rings. The number of aromatic amines is 1. The number of allylic oxidation sites excluding steroid dienone is 2. The summed E-state index contributed by atoms with van der Waals surface area (Å²) >= 11 is 0. The molecule has 4 heterocycles. The number of nitrogens with zero attached hydrogens (tertiary/aromatic N) is 2. The number of dihydropyridines is 1. The van der Waals surface area contributed by atoms with Gasteiger partial charge >= 0.3 is 5.97 Å². The molecule has 0 saturated carbocycles. The van der Waals surface area contributed by atoms with Gasteiger partial charge in [-0.1, -0.05) is 43.7 Å². The predicted molar refractivity (Wildman–Crippen MR) is 246 cm³/mol. The standard InChI is InChI=1S/C51H61N5O7/c1-6-34-13-14-44(63-33(3)58)25-43(60)26-48(38-20-41(27-52-4)51(61)49(23-38)62-5)55-30-37-10-8-12-47(46(37)31-55)56(18-16-32(2)57)50-24-36(15-17-54-50)45(35-9-7-11-42(59)21-35)22-40-29-53-28-39(40)19-34/h7-12,15,20-21,23-24,28-31,34,44-45,48,52-54,59,61H,6,13-14,16-19,22,25-27H2,1-5H3. The van der Waals surface area contributed by atoms with Crippen LogP contribution in [0.25, 0.3) is 10.8 Å². The molecule has 4 bridgehead atoms. The van der Waals surface area contributed by atoms with Crippen molar-refractivity contribution in [3.05, 3.63) is 131 Å². The number of phenolic OH excluding ortho intramolecular Hbond substituents is 2. The van der Waals surface area contributed by atoms with E-state index < -0.39 is 18.1 Å². The average molecular weight is 856 g/mol. The topological polar surface area (TPSA) is 158 Å². The van der Waals surface area contributed by atoms with Crippen LogP contribution >= 0.6 is 0 Å². The van der Waals surface area contributed by atoms with Gasteiger partial charge in [0.25, 0.3) is 0 Å². The van der Waals surface area contributed by atoms with Crippen LogP contribution in [0, 0.1) is 5.92 Å². The van der Waals surface area contributed by atoms with E-state index in [1.165, 1.54) is 25.2 Å². The Hall–Kier alpha value is -6.27. The van der Waals surface area contributed by atoms with Crippen molar-refractivity contribution in [2.75, 3.05) is 32.1 Å². The third-order valence-corrected chi connectivity index (χ3v) is 12.6. The zero-order chi connectivity index (χ0) is 44.6. The molecule has 7 rings (SSSR count). The second-order valence-electron chi connectivity index (χ2n) is 17.1. The van der Waals surface area contributed by atoms with E-state index in [2.05, 4.69) is 74.9 Å². The van der Waals surface area contributed by atoms with E-state index in [-0.39, 0.29) is 47.7 Å². The molecule has 0 amide bonds. The number of aromatic hydroxyl groups is 2. The number of nitrogens with one attached hydrogen (secondary N) is 3. The molecule has 0 fully saturated rings. The number of rotatable bonds is 10. The van der Waals surface area contributed by atoms with Crippen LogP contribution in [0.3, 0.4) is 0 Å². The van der Waals surface area contributed by atoms with Crippen LogP contribution in [0.5, 0.6) is 17.2 Å². The van der Waals surface area contributed by atoms with Crippen molar-refractivity contribution in [1.29, 1.82) is 0 Å². The Kier molecular flexibility index (Phi) is 14.4. The molecule has 2 aromatic heterocycles. The SMILES string of the molecule is CCC1CCC(OC(C)=O)CC(=O)CC(c2cc(CNC)c(O)c(OC)c2)n2cc3cccc(c3c2)N(CCC(C)=O)C2=CC(=CCN2)C(c2cccc(O)c2)Cc2c[nH]cc2C1. The molecule has 4 atom stereocenters. The molecular formula is C51H61N5O7. The molecule has 12 nitrogen and oxygen atoms in total. The molecule has 3 aromatic carbocycles. The third-order valence-electron chi connectivity index (χ3n) is 12.6. The summed E-state index contributed by atoms with van der Waals surface area (Å²) in [6.07, 6.45) is 16.2. The van der Waals surface area contributed by atoms with Gasteiger partial charge in [-0.05, 0) is 110 Å². The minimum atomic E-state index is -0.592. The van der Waals surface area contributed by atoms with E-state index in [9.17, 15) is 24.6 Å². The largest absolute Gasteiger partial charge is 0.508 e. The van der Waals surface area contributed by atoms with Gasteiger partial charge in [-0.3, -0.25) is 14.4 Å². The lowest BCUT2D eigenvalue weighted by Gasteiger charge is -2.32. The number of ether oxygens (including phenoxy) is 2. The van der Waals surface area contributed by atoms with Gasteiger partial charge in [0.2, 0.25) is 0 Å². The van der Waals surface area contributed by atoms with Crippen molar-refractivity contribution < 1.29 is 34.1 Å². The number of aromatic nitrogens is 2. The fraction of sp³-hybridized carbons (Fsp3) is 0.392. The summed E-state index contributed by atoms with van der Waals surface area (Å²) in [6.45, 7) is 6.54. The molecule has 5 N–H and O–H groups in total. The second-order valence-corrected chi connectivity index (χ2v) is 17.1. The van der Waals surface area contributed by atoms with Gasteiger partial charge in [0.05, 0.1) is 18.8 Å². The van der Waals surface area contributed by atoms with Crippen molar-refractivity contribution in [2.24, 2.45) is 5.92 Å². The van der Waals surface area contributed by atoms with Gasteiger partial charge in [0.15, 0.2) is 11.5 Å². The van der Waals surface area contributed by atoms with E-state index in [1.54, 1.807) is 26.1 Å². The molecule has 332 valence electrons. The summed E-state index contributed by atoms with van der Waals surface area (Å²) < 4.78 is 13.6. The number of ketones is 2. The van der Waals surface area contributed by atoms with Gasteiger partial charge in [0, 0.05) is 92.9 Å². The van der Waals surface area contributed by atoms with Crippen LogP contribution in [0.4, 0.5) is 5.69 Å². The van der Waals surface area contributed by atoms with Crippen LogP contribution in [-0.4, -0.2) is 70.7 Å². The van der Waals surface area contributed by atoms with Gasteiger partial charge in [-0.25, -0.2) is 0 Å². The number of anilines is 1. The number of carbonyl (C=O) groups is 3. The zero-order valence-electron chi connectivity index (χ0n) is 37.1. The van der Waals surface area contributed by atoms with Crippen LogP contribution in [-0.2, 0) is 38.5 Å². The third kappa shape index (κ3) is 10.7. The van der Waals surface area contributed by atoms with Gasteiger partial charge in [-0.15, -0.1) is 0 Å². The number of benzene rings is 3. The Morgan fingerprint density at radius 1 is 0.937 bits per heavy atom. The van der Waals surface area contributed by atoms with E-state index in [0.29, 0.717) is 50.2 Å². The monoisotopic (exact) mass is 855 g/mol. The van der Waals surface area contributed by atoms with E-state index >= 15 is 0 Å². The van der Waals surface area contributed by atoms with Crippen molar-refractivity contribution in [3.63, 3.8) is 0 Å². The summed E-state index contributed by atoms with van der Waals surface area (Å²) in [4.78, 5) is 45.1. The van der Waals surface area contributed by atoms with E-state index in [0.717, 1.165) is 58.2 Å². The number of hydrogen-bond donors (Lipinski definition) is 5. The van der Waals surface area contributed by atoms with Crippen molar-refractivity contribution in [2.45, 2.75) is 96.7 Å². The predicted octanol–water partition coefficient (Wildman–Crippen LogP) is 8.52. The fourth-order valence-electron chi connectivity index (χ4n) is 9.31. The number of esters is 1. The number of H-pyrrole nitrogens is 1. The molecule has 0 saturated heterocycles. The van der Waals surface area contributed by atoms with Crippen molar-refractivity contribution in [1.82, 2.24) is 20.2 Å². The maximum absolute atomic E-state index is 14.4. The summed E-state index contributed by atoms with van der Waals surface area (Å²) in [5.41, 5.74) is 6.78. The minimum Gasteiger partial charge on any atom is -0.508 e. The van der Waals surface area contributed by atoms with Crippen LogP contribution < -0.4 is 20.3 Å². The van der Waals surface area contributed by atoms with Gasteiger partial charge < -0.3 is 44.8 Å². The van der Waals surface area contributed by atoms with Crippen molar-refractivity contribution >= 4 is 34.0 Å². The van der Waals surface area contributed by atoms with E-state index in [4.69, 9.17) is 9.47 Å². The van der Waals surface area contributed by atoms with Crippen LogP contribution in [0.1, 0.15) is 99.1 Å². The summed E-state index contributed by atoms with van der Waals surface area (Å²) in [5, 5.41) is 30.4. The molecule has 63 heavy (non-hydrogen) atoms. The summed E-state index contributed by atoms with van der Waals surface area (Å²) in [6, 6.07) is 16.8. The lowest BCUT2D eigenvalue weighted by atomic mass is 9.82. The van der Waals surface area contributed by atoms with Crippen molar-refractivity contribution in [3.8, 4) is 17.2 Å². The number of hydrogen-bond acceptors (Lipinski definition) is 10. The Bertz CT molecular complexity index is 2500. The lowest BCUT2D eigenvalue weighted by molar-refractivity contribution is -0.148. The number of Topliss-reactive ketones (excluding diaryl/α,β-unsaturated/α-hetero) is 2. The first-order valence-electron chi connectivity index (χ1n) is 22.1. The summed E-state index contributed by atoms with van der Waals surface area (Å²) in [5.74, 6) is 1.16. The number of methoxy groups -OCH3 is 1. The fourth-order valence-corrected chi connectivity index (χ4v) is 9.31. The Morgan fingerprint density at radius 3 is 2.46 bits per heavy atom. The minimum absolute atomic E-state index is 0.0332. The van der Waals surface area contributed by atoms with E-state index in [1.807, 2.05) is 36.5 Å². The number of phenols is 2. The summed E-state index contributed by atoms with van der Waals surface area (Å²) in [7, 11) is 3.32. The Labute approximate surface area is 370 Å². The maximum Gasteiger partial charge on any atom is 0.302 e. The van der Waals surface area contributed by atoms with Crippen LogP contribution in [0.2, 0.25) is 0 Å². The molecular weight excluding hydrogens is 795 g/mol. The highest BCUT2D eigenvalue weighted by molar-refractivity contribution is 5.95. The molecule has 12 heteroatoms. The highest BCUT2D eigenvalue weighted by Gasteiger charge is 2.29. The first-order chi connectivity index (χ1) is 30.4. The molecule has 0 aliphatic carbocycles. The maximum atomic E-state index is 14.4. The quantitative estimate of drug-likeness (QED) is 0.0863. The van der Waals surface area contributed by atoms with Gasteiger partial charge in [-0.2, -0.15) is 0 Å². The second kappa shape index (κ2) is 20.3. The first kappa shape index (κ1) is 44.8. The zero-order valence-corrected chi connectivity index (χ0v) is 37.1. The molecule has 0 spiro atoms.